The van der Waals surface area contributed by atoms with E-state index in [4.69, 9.17) is 5.73 Å². The minimum Gasteiger partial charge on any atom is -0.348 e. The van der Waals surface area contributed by atoms with E-state index < -0.39 is 9.84 Å². The van der Waals surface area contributed by atoms with Crippen LogP contribution in [-0.2, 0) is 9.84 Å². The fourth-order valence-corrected chi connectivity index (χ4v) is 3.54. The molecule has 0 unspecified atom stereocenters. The Balaban J connectivity index is 1.94. The number of aromatic nitrogens is 1. The van der Waals surface area contributed by atoms with Gasteiger partial charge in [-0.3, -0.25) is 4.79 Å². The van der Waals surface area contributed by atoms with Crippen LogP contribution in [0.1, 0.15) is 28.9 Å². The van der Waals surface area contributed by atoms with Crippen LogP contribution in [0.25, 0.3) is 0 Å². The van der Waals surface area contributed by atoms with Gasteiger partial charge < -0.3 is 11.1 Å². The number of hydrogen-bond acceptors (Lipinski definition) is 5. The molecule has 1 amide bonds. The van der Waals surface area contributed by atoms with Crippen molar-refractivity contribution >= 4 is 15.7 Å². The number of hydrogen-bond donors (Lipinski definition) is 2. The van der Waals surface area contributed by atoms with E-state index >= 15 is 0 Å². The zero-order valence-electron chi connectivity index (χ0n) is 11.5. The van der Waals surface area contributed by atoms with Crippen LogP contribution in [0.2, 0.25) is 0 Å². The first-order chi connectivity index (χ1) is 10.00. The highest BCUT2D eigenvalue weighted by molar-refractivity contribution is 7.91. The first-order valence-electron chi connectivity index (χ1n) is 6.66. The van der Waals surface area contributed by atoms with Crippen molar-refractivity contribution in [1.82, 2.24) is 10.3 Å². The predicted molar refractivity (Wildman–Crippen MR) is 79.3 cm³/mol. The summed E-state index contributed by atoms with van der Waals surface area (Å²) in [5.41, 5.74) is 6.27. The van der Waals surface area contributed by atoms with Crippen molar-refractivity contribution in [2.45, 2.75) is 18.9 Å². The molecule has 1 aliphatic rings. The Morgan fingerprint density at radius 2 is 2.10 bits per heavy atom. The fraction of sp³-hybridized carbons (Fsp3) is 0.429. The van der Waals surface area contributed by atoms with Gasteiger partial charge >= 0.3 is 0 Å². The Hall–Kier alpha value is -1.91. The molecule has 0 bridgehead atoms. The van der Waals surface area contributed by atoms with E-state index in [1.807, 2.05) is 0 Å². The van der Waals surface area contributed by atoms with Crippen LogP contribution < -0.4 is 11.1 Å². The Bertz CT molecular complexity index is 658. The van der Waals surface area contributed by atoms with Crippen molar-refractivity contribution in [2.75, 3.05) is 18.1 Å². The van der Waals surface area contributed by atoms with Crippen molar-refractivity contribution in [3.05, 3.63) is 29.6 Å². The third kappa shape index (κ3) is 4.55. The maximum atomic E-state index is 12.0. The van der Waals surface area contributed by atoms with E-state index in [0.29, 0.717) is 24.1 Å². The summed E-state index contributed by atoms with van der Waals surface area (Å²) < 4.78 is 22.7. The van der Waals surface area contributed by atoms with Gasteiger partial charge in [0.25, 0.3) is 5.91 Å². The van der Waals surface area contributed by atoms with Crippen molar-refractivity contribution in [1.29, 1.82) is 0 Å². The Morgan fingerprint density at radius 1 is 1.38 bits per heavy atom. The Morgan fingerprint density at radius 3 is 2.67 bits per heavy atom. The monoisotopic (exact) mass is 307 g/mol. The second-order valence-electron chi connectivity index (χ2n) is 4.84. The lowest BCUT2D eigenvalue weighted by Crippen LogP contribution is -2.41. The van der Waals surface area contributed by atoms with Crippen molar-refractivity contribution in [2.24, 2.45) is 5.73 Å². The quantitative estimate of drug-likeness (QED) is 0.730. The third-order valence-corrected chi connectivity index (χ3v) is 4.94. The van der Waals surface area contributed by atoms with Gasteiger partial charge in [0.1, 0.15) is 15.5 Å². The molecular weight excluding hydrogens is 290 g/mol. The molecule has 2 heterocycles. The predicted octanol–water partition coefficient (Wildman–Crippen LogP) is -0.301. The van der Waals surface area contributed by atoms with Gasteiger partial charge in [-0.1, -0.05) is 11.8 Å². The van der Waals surface area contributed by atoms with Gasteiger partial charge in [-0.25, -0.2) is 13.4 Å². The van der Waals surface area contributed by atoms with Crippen molar-refractivity contribution in [3.63, 3.8) is 0 Å². The molecule has 112 valence electrons. The summed E-state index contributed by atoms with van der Waals surface area (Å²) in [6, 6.07) is 3.19. The molecular formula is C14H17N3O3S. The number of pyridine rings is 1. The molecule has 0 spiro atoms. The van der Waals surface area contributed by atoms with Gasteiger partial charge in [-0.15, -0.1) is 0 Å². The summed E-state index contributed by atoms with van der Waals surface area (Å²) in [5, 5.41) is 2.81. The summed E-state index contributed by atoms with van der Waals surface area (Å²) in [7, 11) is -2.92. The van der Waals surface area contributed by atoms with E-state index in [1.54, 1.807) is 12.1 Å². The van der Waals surface area contributed by atoms with Crippen LogP contribution in [0, 0.1) is 11.8 Å². The molecule has 1 saturated heterocycles. The molecule has 0 radical (unpaired) electrons. The largest absolute Gasteiger partial charge is 0.348 e. The van der Waals surface area contributed by atoms with Gasteiger partial charge in [-0.05, 0) is 25.0 Å². The number of carbonyl (C=O) groups excluding carboxylic acids is 1. The minimum atomic E-state index is -2.92. The Labute approximate surface area is 124 Å². The summed E-state index contributed by atoms with van der Waals surface area (Å²) in [5.74, 6) is 5.49. The molecule has 0 saturated carbocycles. The smallest absolute Gasteiger partial charge is 0.270 e. The molecule has 1 aromatic heterocycles. The topological polar surface area (TPSA) is 102 Å². The molecule has 2 rings (SSSR count). The molecule has 1 fully saturated rings. The van der Waals surface area contributed by atoms with E-state index in [0.717, 1.165) is 0 Å². The normalized spacial score (nSPS) is 17.6. The summed E-state index contributed by atoms with van der Waals surface area (Å²) >= 11 is 0. The minimum absolute atomic E-state index is 0.112. The lowest BCUT2D eigenvalue weighted by atomic mass is 10.1. The van der Waals surface area contributed by atoms with Crippen LogP contribution in [0.15, 0.2) is 18.3 Å². The number of rotatable bonds is 2. The highest BCUT2D eigenvalue weighted by Gasteiger charge is 2.25. The second kappa shape index (κ2) is 6.70. The van der Waals surface area contributed by atoms with E-state index in [9.17, 15) is 13.2 Å². The molecule has 0 atom stereocenters. The van der Waals surface area contributed by atoms with Crippen molar-refractivity contribution in [3.8, 4) is 11.8 Å². The number of sulfone groups is 1. The third-order valence-electron chi connectivity index (χ3n) is 3.22. The van der Waals surface area contributed by atoms with Crippen LogP contribution in [-0.4, -0.2) is 43.4 Å². The van der Waals surface area contributed by atoms with Crippen LogP contribution in [0.4, 0.5) is 0 Å². The summed E-state index contributed by atoms with van der Waals surface area (Å²) in [4.78, 5) is 16.1. The van der Waals surface area contributed by atoms with Gasteiger partial charge in [0.05, 0.1) is 18.1 Å². The molecule has 21 heavy (non-hydrogen) atoms. The lowest BCUT2D eigenvalue weighted by molar-refractivity contribution is 0.0929. The maximum Gasteiger partial charge on any atom is 0.270 e. The van der Waals surface area contributed by atoms with Gasteiger partial charge in [-0.2, -0.15) is 0 Å². The van der Waals surface area contributed by atoms with Gasteiger partial charge in [0, 0.05) is 17.8 Å². The summed E-state index contributed by atoms with van der Waals surface area (Å²) in [6.45, 7) is 0.271. The van der Waals surface area contributed by atoms with Gasteiger partial charge in [0.15, 0.2) is 0 Å². The first kappa shape index (κ1) is 15.5. The second-order valence-corrected chi connectivity index (χ2v) is 7.14. The van der Waals surface area contributed by atoms with Gasteiger partial charge in [0.2, 0.25) is 0 Å². The van der Waals surface area contributed by atoms with Crippen LogP contribution >= 0.6 is 0 Å². The van der Waals surface area contributed by atoms with E-state index in [2.05, 4.69) is 22.1 Å². The van der Waals surface area contributed by atoms with Crippen LogP contribution in [0.3, 0.4) is 0 Å². The van der Waals surface area contributed by atoms with Crippen molar-refractivity contribution < 1.29 is 13.2 Å². The van der Waals surface area contributed by atoms with E-state index in [-0.39, 0.29) is 30.0 Å². The molecule has 1 aromatic rings. The molecule has 3 N–H and O–H groups in total. The number of amides is 1. The Kier molecular flexibility index (Phi) is 4.94. The number of nitrogens with two attached hydrogens (primary N) is 1. The summed E-state index contributed by atoms with van der Waals surface area (Å²) in [6.07, 6.45) is 2.42. The number of nitrogens with one attached hydrogen (secondary N) is 1. The zero-order valence-corrected chi connectivity index (χ0v) is 12.3. The molecule has 0 aliphatic carbocycles. The maximum absolute atomic E-state index is 12.0. The average molecular weight is 307 g/mol. The molecule has 0 aromatic carbocycles. The standard InChI is InChI=1S/C14H17N3O3S/c15-7-1-2-11-3-4-13(16-10-11)14(18)17-12-5-8-21(19,20)9-6-12/h3-4,10,12H,5-9,15H2,(H,17,18). The average Bonchev–Trinajstić information content (AvgIpc) is 2.48. The number of nitrogens with zero attached hydrogens (tertiary/aromatic N) is 1. The molecule has 1 aliphatic heterocycles. The SMILES string of the molecule is NCC#Cc1ccc(C(=O)NC2CCS(=O)(=O)CC2)nc1. The first-order valence-corrected chi connectivity index (χ1v) is 8.48. The highest BCUT2D eigenvalue weighted by Crippen LogP contribution is 2.12. The molecule has 6 nitrogen and oxygen atoms in total. The van der Waals surface area contributed by atoms with E-state index in [1.165, 1.54) is 6.20 Å². The zero-order chi connectivity index (χ0) is 15.3. The lowest BCUT2D eigenvalue weighted by Gasteiger charge is -2.22. The highest BCUT2D eigenvalue weighted by atomic mass is 32.2. The number of carbonyl (C=O) groups is 1. The fourth-order valence-electron chi connectivity index (χ4n) is 2.05. The van der Waals surface area contributed by atoms with Crippen LogP contribution in [0.5, 0.6) is 0 Å². The molecule has 7 heteroatoms.